The van der Waals surface area contributed by atoms with Crippen molar-refractivity contribution in [2.24, 2.45) is 0 Å². The van der Waals surface area contributed by atoms with E-state index < -0.39 is 0 Å². The van der Waals surface area contributed by atoms with Gasteiger partial charge in [-0.2, -0.15) is 0 Å². The normalized spacial score (nSPS) is 16.9. The van der Waals surface area contributed by atoms with Crippen LogP contribution >= 0.6 is 0 Å². The molecule has 5 heteroatoms. The third-order valence-corrected chi connectivity index (χ3v) is 4.99. The fourth-order valence-corrected chi connectivity index (χ4v) is 3.44. The van der Waals surface area contributed by atoms with Crippen LogP contribution in [0.3, 0.4) is 0 Å². The molecule has 1 fully saturated rings. The van der Waals surface area contributed by atoms with Crippen LogP contribution in [0.15, 0.2) is 48.8 Å². The van der Waals surface area contributed by atoms with Crippen molar-refractivity contribution in [3.8, 4) is 5.75 Å². The van der Waals surface area contributed by atoms with Gasteiger partial charge in [-0.3, -0.25) is 9.78 Å². The van der Waals surface area contributed by atoms with Crippen LogP contribution in [0.1, 0.15) is 30.4 Å². The Kier molecular flexibility index (Phi) is 6.61. The molecule has 1 aromatic heterocycles. The molecule has 0 unspecified atom stereocenters. The molecule has 1 N–H and O–H groups in total. The van der Waals surface area contributed by atoms with E-state index in [1.165, 1.54) is 11.1 Å². The van der Waals surface area contributed by atoms with Crippen LogP contribution in [0.25, 0.3) is 0 Å². The molecule has 1 saturated heterocycles. The number of likely N-dealkylation sites (tertiary alicyclic amines) is 1. The Morgan fingerprint density at radius 1 is 1.15 bits per heavy atom. The van der Waals surface area contributed by atoms with Crippen LogP contribution < -0.4 is 10.1 Å². The quantitative estimate of drug-likeness (QED) is 0.705. The van der Waals surface area contributed by atoms with Gasteiger partial charge in [-0.05, 0) is 61.2 Å². The van der Waals surface area contributed by atoms with E-state index in [4.69, 9.17) is 4.74 Å². The number of carbonyl (C=O) groups is 1. The number of nitrogens with zero attached hydrogens (tertiary/aromatic N) is 2. The molecule has 0 radical (unpaired) electrons. The average molecular weight is 353 g/mol. The number of hydrogen-bond acceptors (Lipinski definition) is 4. The van der Waals surface area contributed by atoms with Crippen LogP contribution in [-0.2, 0) is 17.8 Å². The molecule has 2 aromatic rings. The van der Waals surface area contributed by atoms with Crippen molar-refractivity contribution in [3.63, 3.8) is 0 Å². The van der Waals surface area contributed by atoms with E-state index in [0.717, 1.165) is 44.6 Å². The van der Waals surface area contributed by atoms with Gasteiger partial charge in [0.2, 0.25) is 5.91 Å². The topological polar surface area (TPSA) is 54.5 Å². The highest BCUT2D eigenvalue weighted by Gasteiger charge is 2.29. The second-order valence-corrected chi connectivity index (χ2v) is 6.70. The summed E-state index contributed by atoms with van der Waals surface area (Å²) in [6.07, 6.45) is 7.16. The van der Waals surface area contributed by atoms with E-state index >= 15 is 0 Å². The molecule has 0 saturated carbocycles. The number of hydrogen-bond donors (Lipinski definition) is 1. The summed E-state index contributed by atoms with van der Waals surface area (Å²) in [4.78, 5) is 18.3. The summed E-state index contributed by atoms with van der Waals surface area (Å²) < 4.78 is 5.18. The molecule has 0 aliphatic carbocycles. The molecule has 0 spiro atoms. The molecule has 0 bridgehead atoms. The van der Waals surface area contributed by atoms with Crippen LogP contribution in [0.2, 0.25) is 0 Å². The van der Waals surface area contributed by atoms with Crippen molar-refractivity contribution >= 4 is 5.91 Å². The third-order valence-electron chi connectivity index (χ3n) is 4.99. The maximum absolute atomic E-state index is 12.2. The molecule has 2 heterocycles. The minimum absolute atomic E-state index is 0.291. The predicted octanol–water partition coefficient (Wildman–Crippen LogP) is 2.80. The van der Waals surface area contributed by atoms with Crippen molar-refractivity contribution < 1.29 is 9.53 Å². The second-order valence-electron chi connectivity index (χ2n) is 6.70. The summed E-state index contributed by atoms with van der Waals surface area (Å²) in [7, 11) is 1.68. The highest BCUT2D eigenvalue weighted by molar-refractivity contribution is 5.78. The Morgan fingerprint density at radius 3 is 2.65 bits per heavy atom. The number of ether oxygens (including phenoxy) is 1. The molecule has 1 aliphatic rings. The molecule has 3 rings (SSSR count). The first-order valence-electron chi connectivity index (χ1n) is 9.28. The summed E-state index contributed by atoms with van der Waals surface area (Å²) >= 11 is 0. The van der Waals surface area contributed by atoms with E-state index in [2.05, 4.69) is 27.3 Å². The predicted molar refractivity (Wildman–Crippen MR) is 102 cm³/mol. The zero-order valence-electron chi connectivity index (χ0n) is 15.4. The maximum Gasteiger partial charge on any atom is 0.222 e. The molecule has 138 valence electrons. The number of aromatic nitrogens is 1. The lowest BCUT2D eigenvalue weighted by Gasteiger charge is -2.25. The van der Waals surface area contributed by atoms with Crippen LogP contribution in [0.5, 0.6) is 5.75 Å². The molecule has 1 amide bonds. The van der Waals surface area contributed by atoms with Gasteiger partial charge in [0, 0.05) is 37.9 Å². The summed E-state index contributed by atoms with van der Waals surface area (Å²) in [5, 5.41) is 3.49. The summed E-state index contributed by atoms with van der Waals surface area (Å²) in [6, 6.07) is 12.5. The van der Waals surface area contributed by atoms with Crippen LogP contribution in [0.4, 0.5) is 0 Å². The Morgan fingerprint density at radius 2 is 1.92 bits per heavy atom. The Labute approximate surface area is 155 Å². The summed E-state index contributed by atoms with van der Waals surface area (Å²) in [6.45, 7) is 2.55. The molecule has 5 nitrogen and oxygen atoms in total. The Bertz CT molecular complexity index is 688. The number of amides is 1. The molecular formula is C21H27N3O2. The number of methoxy groups -OCH3 is 1. The monoisotopic (exact) mass is 353 g/mol. The van der Waals surface area contributed by atoms with Gasteiger partial charge >= 0.3 is 0 Å². The molecular weight excluding hydrogens is 326 g/mol. The molecule has 1 aliphatic heterocycles. The molecule has 1 atom stereocenters. The number of nitrogens with one attached hydrogen (secondary N) is 1. The van der Waals surface area contributed by atoms with Crippen molar-refractivity contribution in [2.45, 2.75) is 38.3 Å². The highest BCUT2D eigenvalue weighted by atomic mass is 16.5. The SMILES string of the molecule is COc1ccc(CNCC[C@H]2CCC(=O)N2CCc2ccncc2)cc1. The first-order valence-corrected chi connectivity index (χ1v) is 9.28. The van der Waals surface area contributed by atoms with Crippen molar-refractivity contribution in [2.75, 3.05) is 20.2 Å². The number of carbonyl (C=O) groups excluding carboxylic acids is 1. The minimum atomic E-state index is 0.291. The van der Waals surface area contributed by atoms with Gasteiger partial charge in [-0.25, -0.2) is 0 Å². The van der Waals surface area contributed by atoms with Gasteiger partial charge in [-0.15, -0.1) is 0 Å². The minimum Gasteiger partial charge on any atom is -0.497 e. The Hall–Kier alpha value is -2.40. The summed E-state index contributed by atoms with van der Waals surface area (Å²) in [5.41, 5.74) is 2.47. The lowest BCUT2D eigenvalue weighted by Crippen LogP contribution is -2.36. The van der Waals surface area contributed by atoms with Crippen molar-refractivity contribution in [1.82, 2.24) is 15.2 Å². The first-order chi connectivity index (χ1) is 12.8. The number of rotatable bonds is 9. The molecule has 26 heavy (non-hydrogen) atoms. The van der Waals surface area contributed by atoms with Crippen molar-refractivity contribution in [1.29, 1.82) is 0 Å². The van der Waals surface area contributed by atoms with Crippen LogP contribution in [0, 0.1) is 0 Å². The van der Waals surface area contributed by atoms with Gasteiger partial charge < -0.3 is 15.0 Å². The van der Waals surface area contributed by atoms with Crippen molar-refractivity contribution in [3.05, 3.63) is 59.9 Å². The second kappa shape index (κ2) is 9.34. The summed E-state index contributed by atoms with van der Waals surface area (Å²) in [5.74, 6) is 1.17. The average Bonchev–Trinajstić information content (AvgIpc) is 3.04. The van der Waals surface area contributed by atoms with Gasteiger partial charge in [0.15, 0.2) is 0 Å². The largest absolute Gasteiger partial charge is 0.497 e. The van der Waals surface area contributed by atoms with E-state index in [9.17, 15) is 4.79 Å². The fourth-order valence-electron chi connectivity index (χ4n) is 3.44. The van der Waals surface area contributed by atoms with Gasteiger partial charge in [-0.1, -0.05) is 12.1 Å². The van der Waals surface area contributed by atoms with Gasteiger partial charge in [0.05, 0.1) is 7.11 Å². The number of pyridine rings is 1. The molecule has 1 aromatic carbocycles. The lowest BCUT2D eigenvalue weighted by molar-refractivity contribution is -0.129. The zero-order valence-corrected chi connectivity index (χ0v) is 15.4. The standard InChI is InChI=1S/C21H27N3O2/c1-26-20-5-2-18(3-6-20)16-23-14-10-19-4-7-21(25)24(19)15-11-17-8-12-22-13-9-17/h2-3,5-6,8-9,12-13,19,23H,4,7,10-11,14-16H2,1H3/t19-/m1/s1. The van der Waals surface area contributed by atoms with E-state index in [-0.39, 0.29) is 0 Å². The highest BCUT2D eigenvalue weighted by Crippen LogP contribution is 2.21. The third kappa shape index (κ3) is 5.05. The zero-order chi connectivity index (χ0) is 18.2. The Balaban J connectivity index is 1.41. The smallest absolute Gasteiger partial charge is 0.222 e. The van der Waals surface area contributed by atoms with E-state index in [1.54, 1.807) is 7.11 Å². The van der Waals surface area contributed by atoms with Gasteiger partial charge in [0.25, 0.3) is 0 Å². The van der Waals surface area contributed by atoms with E-state index in [1.807, 2.05) is 36.7 Å². The first kappa shape index (κ1) is 18.4. The fraction of sp³-hybridized carbons (Fsp3) is 0.429. The van der Waals surface area contributed by atoms with Crippen LogP contribution in [-0.4, -0.2) is 42.0 Å². The van der Waals surface area contributed by atoms with Gasteiger partial charge in [0.1, 0.15) is 5.75 Å². The van der Waals surface area contributed by atoms with E-state index in [0.29, 0.717) is 18.4 Å². The lowest BCUT2D eigenvalue weighted by atomic mass is 10.1. The number of benzene rings is 1. The maximum atomic E-state index is 12.2.